The van der Waals surface area contributed by atoms with Crippen molar-refractivity contribution in [1.29, 1.82) is 0 Å². The number of benzene rings is 1. The summed E-state index contributed by atoms with van der Waals surface area (Å²) in [4.78, 5) is 18.7. The van der Waals surface area contributed by atoms with Crippen molar-refractivity contribution < 1.29 is 4.79 Å². The van der Waals surface area contributed by atoms with E-state index in [1.165, 1.54) is 0 Å². The monoisotopic (exact) mass is 320 g/mol. The van der Waals surface area contributed by atoms with Crippen LogP contribution in [0.3, 0.4) is 0 Å². The highest BCUT2D eigenvalue weighted by molar-refractivity contribution is 9.09. The number of hydrogen-bond donors (Lipinski definition) is 0. The van der Waals surface area contributed by atoms with E-state index in [0.29, 0.717) is 12.2 Å². The van der Waals surface area contributed by atoms with Gasteiger partial charge in [-0.3, -0.25) is 4.79 Å². The van der Waals surface area contributed by atoms with E-state index in [1.807, 2.05) is 49.1 Å². The fraction of sp³-hybridized carbons (Fsp3) is 0.333. The van der Waals surface area contributed by atoms with Crippen LogP contribution in [0.2, 0.25) is 0 Å². The molecule has 2 aromatic rings. The highest BCUT2D eigenvalue weighted by Gasteiger charge is 2.19. The molecule has 0 atom stereocenters. The van der Waals surface area contributed by atoms with Gasteiger partial charge in [0.1, 0.15) is 5.69 Å². The number of para-hydroxylation sites is 1. The maximum atomic E-state index is 12.5. The SMILES string of the molecule is CC(C)N(CCBr)C(=O)c1ccc2ccccc2n1. The molecule has 0 N–H and O–H groups in total. The number of alkyl halides is 1. The molecular formula is C15H17BrN2O. The van der Waals surface area contributed by atoms with E-state index in [1.54, 1.807) is 6.07 Å². The average molecular weight is 321 g/mol. The van der Waals surface area contributed by atoms with Gasteiger partial charge in [0, 0.05) is 23.3 Å². The van der Waals surface area contributed by atoms with E-state index >= 15 is 0 Å². The number of amides is 1. The molecule has 1 aromatic heterocycles. The summed E-state index contributed by atoms with van der Waals surface area (Å²) >= 11 is 3.38. The van der Waals surface area contributed by atoms with E-state index in [-0.39, 0.29) is 11.9 Å². The van der Waals surface area contributed by atoms with Crippen LogP contribution in [0.5, 0.6) is 0 Å². The summed E-state index contributed by atoms with van der Waals surface area (Å²) in [6.07, 6.45) is 0. The predicted molar refractivity (Wildman–Crippen MR) is 81.7 cm³/mol. The second kappa shape index (κ2) is 6.15. The van der Waals surface area contributed by atoms with Gasteiger partial charge in [-0.15, -0.1) is 0 Å². The second-order valence-electron chi connectivity index (χ2n) is 4.67. The predicted octanol–water partition coefficient (Wildman–Crippen LogP) is 3.48. The molecular weight excluding hydrogens is 304 g/mol. The minimum absolute atomic E-state index is 0.0137. The van der Waals surface area contributed by atoms with Gasteiger partial charge in [-0.25, -0.2) is 4.98 Å². The third kappa shape index (κ3) is 3.13. The molecule has 3 nitrogen and oxygen atoms in total. The average Bonchev–Trinajstić information content (AvgIpc) is 2.43. The normalized spacial score (nSPS) is 10.9. The van der Waals surface area contributed by atoms with Crippen molar-refractivity contribution in [3.63, 3.8) is 0 Å². The van der Waals surface area contributed by atoms with Crippen molar-refractivity contribution >= 4 is 32.7 Å². The Bertz CT molecular complexity index is 583. The first-order valence-corrected chi connectivity index (χ1v) is 7.48. The zero-order chi connectivity index (χ0) is 13.8. The molecule has 0 saturated carbocycles. The zero-order valence-electron chi connectivity index (χ0n) is 11.1. The van der Waals surface area contributed by atoms with E-state index < -0.39 is 0 Å². The van der Waals surface area contributed by atoms with Gasteiger partial charge < -0.3 is 4.90 Å². The lowest BCUT2D eigenvalue weighted by atomic mass is 10.2. The molecule has 0 fully saturated rings. The summed E-state index contributed by atoms with van der Waals surface area (Å²) in [5.74, 6) is -0.0137. The Morgan fingerprint density at radius 2 is 2.00 bits per heavy atom. The molecule has 1 heterocycles. The minimum atomic E-state index is -0.0137. The van der Waals surface area contributed by atoms with Crippen LogP contribution in [0.4, 0.5) is 0 Å². The van der Waals surface area contributed by atoms with Crippen molar-refractivity contribution in [1.82, 2.24) is 9.88 Å². The molecule has 1 amide bonds. The van der Waals surface area contributed by atoms with Crippen LogP contribution in [-0.4, -0.2) is 33.7 Å². The minimum Gasteiger partial charge on any atom is -0.334 e. The molecule has 0 aliphatic heterocycles. The van der Waals surface area contributed by atoms with Crippen LogP contribution in [-0.2, 0) is 0 Å². The second-order valence-corrected chi connectivity index (χ2v) is 5.46. The Labute approximate surface area is 121 Å². The van der Waals surface area contributed by atoms with Gasteiger partial charge in [-0.2, -0.15) is 0 Å². The third-order valence-corrected chi connectivity index (χ3v) is 3.38. The number of nitrogens with zero attached hydrogens (tertiary/aromatic N) is 2. The molecule has 0 aliphatic rings. The van der Waals surface area contributed by atoms with Crippen molar-refractivity contribution in [2.45, 2.75) is 19.9 Å². The molecule has 0 radical (unpaired) electrons. The van der Waals surface area contributed by atoms with E-state index in [4.69, 9.17) is 0 Å². The Morgan fingerprint density at radius 1 is 1.26 bits per heavy atom. The molecule has 100 valence electrons. The molecule has 2 rings (SSSR count). The van der Waals surface area contributed by atoms with Gasteiger partial charge in [0.25, 0.3) is 5.91 Å². The highest BCUT2D eigenvalue weighted by Crippen LogP contribution is 2.14. The summed E-state index contributed by atoms with van der Waals surface area (Å²) < 4.78 is 0. The lowest BCUT2D eigenvalue weighted by Crippen LogP contribution is -2.38. The van der Waals surface area contributed by atoms with Crippen molar-refractivity contribution in [2.24, 2.45) is 0 Å². The van der Waals surface area contributed by atoms with Gasteiger partial charge in [0.15, 0.2) is 0 Å². The number of carbonyl (C=O) groups excluding carboxylic acids is 1. The smallest absolute Gasteiger partial charge is 0.272 e. The standard InChI is InChI=1S/C15H17BrN2O/c1-11(2)18(10-9-16)15(19)14-8-7-12-5-3-4-6-13(12)17-14/h3-8,11H,9-10H2,1-2H3. The maximum Gasteiger partial charge on any atom is 0.272 e. The zero-order valence-corrected chi connectivity index (χ0v) is 12.7. The summed E-state index contributed by atoms with van der Waals surface area (Å²) in [5.41, 5.74) is 1.37. The molecule has 0 aliphatic carbocycles. The topological polar surface area (TPSA) is 33.2 Å². The number of fused-ring (bicyclic) bond motifs is 1. The Hall–Kier alpha value is -1.42. The number of pyridine rings is 1. The van der Waals surface area contributed by atoms with Crippen LogP contribution in [0, 0.1) is 0 Å². The van der Waals surface area contributed by atoms with Crippen molar-refractivity contribution in [3.05, 3.63) is 42.1 Å². The first kappa shape index (κ1) is 14.0. The Morgan fingerprint density at radius 3 is 2.68 bits per heavy atom. The lowest BCUT2D eigenvalue weighted by molar-refractivity contribution is 0.0714. The molecule has 0 bridgehead atoms. The fourth-order valence-corrected chi connectivity index (χ4v) is 2.40. The first-order valence-electron chi connectivity index (χ1n) is 6.36. The first-order chi connectivity index (χ1) is 9.13. The number of hydrogen-bond acceptors (Lipinski definition) is 2. The highest BCUT2D eigenvalue weighted by atomic mass is 79.9. The van der Waals surface area contributed by atoms with Crippen LogP contribution >= 0.6 is 15.9 Å². The summed E-state index contributed by atoms with van der Waals surface area (Å²) in [6, 6.07) is 11.7. The molecule has 4 heteroatoms. The Balaban J connectivity index is 2.34. The number of rotatable bonds is 4. The summed E-state index contributed by atoms with van der Waals surface area (Å²) in [7, 11) is 0. The molecule has 0 unspecified atom stereocenters. The fourth-order valence-electron chi connectivity index (χ4n) is 2.02. The van der Waals surface area contributed by atoms with Gasteiger partial charge in [0.05, 0.1) is 5.52 Å². The van der Waals surface area contributed by atoms with Gasteiger partial charge in [-0.1, -0.05) is 40.2 Å². The summed E-state index contributed by atoms with van der Waals surface area (Å²) in [6.45, 7) is 4.72. The van der Waals surface area contributed by atoms with Crippen molar-refractivity contribution in [2.75, 3.05) is 11.9 Å². The van der Waals surface area contributed by atoms with Gasteiger partial charge in [-0.05, 0) is 26.0 Å². The maximum absolute atomic E-state index is 12.5. The van der Waals surface area contributed by atoms with E-state index in [2.05, 4.69) is 20.9 Å². The molecule has 0 spiro atoms. The van der Waals surface area contributed by atoms with Crippen molar-refractivity contribution in [3.8, 4) is 0 Å². The van der Waals surface area contributed by atoms with Crippen LogP contribution in [0.25, 0.3) is 10.9 Å². The summed E-state index contributed by atoms with van der Waals surface area (Å²) in [5, 5.41) is 1.82. The quantitative estimate of drug-likeness (QED) is 0.808. The molecule has 1 aromatic carbocycles. The lowest BCUT2D eigenvalue weighted by Gasteiger charge is -2.25. The van der Waals surface area contributed by atoms with Gasteiger partial charge >= 0.3 is 0 Å². The largest absolute Gasteiger partial charge is 0.334 e. The van der Waals surface area contributed by atoms with Crippen LogP contribution < -0.4 is 0 Å². The number of aromatic nitrogens is 1. The van der Waals surface area contributed by atoms with E-state index in [9.17, 15) is 4.79 Å². The number of halogens is 1. The van der Waals surface area contributed by atoms with Crippen LogP contribution in [0.1, 0.15) is 24.3 Å². The number of carbonyl (C=O) groups is 1. The Kier molecular flexibility index (Phi) is 4.53. The molecule has 19 heavy (non-hydrogen) atoms. The van der Waals surface area contributed by atoms with Gasteiger partial charge in [0.2, 0.25) is 0 Å². The van der Waals surface area contributed by atoms with Crippen LogP contribution in [0.15, 0.2) is 36.4 Å². The third-order valence-electron chi connectivity index (χ3n) is 3.03. The molecule has 0 saturated heterocycles. The van der Waals surface area contributed by atoms with E-state index in [0.717, 1.165) is 16.2 Å².